The lowest BCUT2D eigenvalue weighted by atomic mass is 9.98. The number of hydrogen-bond acceptors (Lipinski definition) is 4. The molecule has 1 aliphatic heterocycles. The van der Waals surface area contributed by atoms with Crippen LogP contribution in [0, 0.1) is 6.92 Å². The Kier molecular flexibility index (Phi) is 6.97. The molecule has 5 rings (SSSR count). The van der Waals surface area contributed by atoms with Crippen LogP contribution in [0.4, 0.5) is 0 Å². The highest BCUT2D eigenvalue weighted by Gasteiger charge is 2.42. The van der Waals surface area contributed by atoms with E-state index in [1.807, 2.05) is 55.5 Å². The van der Waals surface area contributed by atoms with Crippen molar-refractivity contribution in [1.29, 1.82) is 0 Å². The molecule has 1 amide bonds. The summed E-state index contributed by atoms with van der Waals surface area (Å²) >= 11 is 3.45. The first kappa shape index (κ1) is 24.3. The van der Waals surface area contributed by atoms with Crippen LogP contribution in [0.25, 0.3) is 11.0 Å². The average molecular weight is 546 g/mol. The third-order valence-electron chi connectivity index (χ3n) is 6.61. The maximum Gasteiger partial charge on any atom is 0.291 e. The van der Waals surface area contributed by atoms with E-state index in [1.54, 1.807) is 23.1 Å². The number of carbonyl (C=O) groups excluding carboxylic acids is 1. The minimum absolute atomic E-state index is 0.117. The predicted molar refractivity (Wildman–Crippen MR) is 145 cm³/mol. The summed E-state index contributed by atoms with van der Waals surface area (Å²) in [5, 5.41) is 0.453. The molecule has 0 spiro atoms. The molecule has 3 aromatic carbocycles. The summed E-state index contributed by atoms with van der Waals surface area (Å²) in [6.07, 6.45) is 3.28. The first-order valence-electron chi connectivity index (χ1n) is 12.3. The Hall–Kier alpha value is -3.38. The van der Waals surface area contributed by atoms with Crippen molar-refractivity contribution in [2.45, 2.75) is 45.7 Å². The van der Waals surface area contributed by atoms with Crippen molar-refractivity contribution in [3.63, 3.8) is 0 Å². The highest BCUT2D eigenvalue weighted by molar-refractivity contribution is 9.10. The molecule has 0 saturated heterocycles. The van der Waals surface area contributed by atoms with E-state index >= 15 is 0 Å². The fourth-order valence-corrected chi connectivity index (χ4v) is 5.04. The molecule has 4 aromatic rings. The van der Waals surface area contributed by atoms with E-state index in [0.29, 0.717) is 29.7 Å². The van der Waals surface area contributed by atoms with Crippen molar-refractivity contribution in [2.24, 2.45) is 0 Å². The standard InChI is InChI=1S/C30H28BrNO4/c1-3-4-5-16-35-23-13-10-21(11-14-23)27-26-28(33)24-17-22(31)12-15-25(24)36-29(26)30(34)32(27)18-20-8-6-19(2)7-9-20/h6-15,17,27H,3-5,16,18H2,1-2H3. The summed E-state index contributed by atoms with van der Waals surface area (Å²) < 4.78 is 12.7. The zero-order chi connectivity index (χ0) is 25.2. The lowest BCUT2D eigenvalue weighted by molar-refractivity contribution is 0.0714. The van der Waals surface area contributed by atoms with Gasteiger partial charge in [0, 0.05) is 11.0 Å². The number of rotatable bonds is 8. The molecule has 1 aromatic heterocycles. The zero-order valence-electron chi connectivity index (χ0n) is 20.4. The van der Waals surface area contributed by atoms with Gasteiger partial charge in [-0.2, -0.15) is 0 Å². The maximum atomic E-state index is 13.7. The van der Waals surface area contributed by atoms with Crippen molar-refractivity contribution in [3.8, 4) is 5.75 Å². The highest BCUT2D eigenvalue weighted by atomic mass is 79.9. The van der Waals surface area contributed by atoms with Gasteiger partial charge in [0.2, 0.25) is 5.76 Å². The van der Waals surface area contributed by atoms with Crippen molar-refractivity contribution >= 4 is 32.8 Å². The normalized spacial score (nSPS) is 14.9. The SMILES string of the molecule is CCCCCOc1ccc(C2c3c(oc4ccc(Br)cc4c3=O)C(=O)N2Cc2ccc(C)cc2)cc1. The molecule has 0 N–H and O–H groups in total. The average Bonchev–Trinajstić information content (AvgIpc) is 3.15. The van der Waals surface area contributed by atoms with Crippen LogP contribution in [0.1, 0.15) is 65.0 Å². The Morgan fingerprint density at radius 1 is 0.972 bits per heavy atom. The van der Waals surface area contributed by atoms with E-state index in [-0.39, 0.29) is 17.1 Å². The largest absolute Gasteiger partial charge is 0.494 e. The zero-order valence-corrected chi connectivity index (χ0v) is 22.0. The Bertz CT molecular complexity index is 1460. The summed E-state index contributed by atoms with van der Waals surface area (Å²) in [6.45, 7) is 5.22. The molecule has 0 bridgehead atoms. The Morgan fingerprint density at radius 2 is 1.72 bits per heavy atom. The van der Waals surface area contributed by atoms with Crippen molar-refractivity contribution in [1.82, 2.24) is 4.90 Å². The summed E-state index contributed by atoms with van der Waals surface area (Å²) in [5.74, 6) is 0.614. The monoisotopic (exact) mass is 545 g/mol. The van der Waals surface area contributed by atoms with Crippen LogP contribution in [-0.2, 0) is 6.54 Å². The van der Waals surface area contributed by atoms with Crippen LogP contribution in [0.2, 0.25) is 0 Å². The van der Waals surface area contributed by atoms with E-state index in [9.17, 15) is 9.59 Å². The van der Waals surface area contributed by atoms with Crippen LogP contribution < -0.4 is 10.2 Å². The van der Waals surface area contributed by atoms with Crippen LogP contribution in [0.3, 0.4) is 0 Å². The molecule has 184 valence electrons. The second kappa shape index (κ2) is 10.3. The third kappa shape index (κ3) is 4.70. The topological polar surface area (TPSA) is 59.8 Å². The van der Waals surface area contributed by atoms with E-state index < -0.39 is 6.04 Å². The summed E-state index contributed by atoms with van der Waals surface area (Å²) in [7, 11) is 0. The molecule has 0 aliphatic carbocycles. The molecule has 0 fully saturated rings. The number of benzene rings is 3. The maximum absolute atomic E-state index is 13.7. The lowest BCUT2D eigenvalue weighted by Crippen LogP contribution is -2.29. The molecule has 1 unspecified atom stereocenters. The van der Waals surface area contributed by atoms with Crippen molar-refractivity contribution < 1.29 is 13.9 Å². The van der Waals surface area contributed by atoms with Crippen LogP contribution in [0.15, 0.2) is 80.4 Å². The van der Waals surface area contributed by atoms with Gasteiger partial charge in [0.15, 0.2) is 5.43 Å². The third-order valence-corrected chi connectivity index (χ3v) is 7.11. The Balaban J connectivity index is 1.57. The Labute approximate surface area is 218 Å². The summed E-state index contributed by atoms with van der Waals surface area (Å²) in [4.78, 5) is 29.1. The van der Waals surface area contributed by atoms with Crippen molar-refractivity contribution in [2.75, 3.05) is 6.61 Å². The second-order valence-corrected chi connectivity index (χ2v) is 10.2. The smallest absolute Gasteiger partial charge is 0.291 e. The quantitative estimate of drug-likeness (QED) is 0.220. The number of nitrogens with zero attached hydrogens (tertiary/aromatic N) is 1. The minimum atomic E-state index is -0.553. The van der Waals surface area contributed by atoms with Gasteiger partial charge in [0.1, 0.15) is 11.3 Å². The lowest BCUT2D eigenvalue weighted by Gasteiger charge is -2.25. The van der Waals surface area contributed by atoms with Gasteiger partial charge >= 0.3 is 0 Å². The molecule has 6 heteroatoms. The molecular weight excluding hydrogens is 518 g/mol. The highest BCUT2D eigenvalue weighted by Crippen LogP contribution is 2.39. The number of carbonyl (C=O) groups is 1. The van der Waals surface area contributed by atoms with E-state index in [4.69, 9.17) is 9.15 Å². The number of aryl methyl sites for hydroxylation is 1. The fraction of sp³-hybridized carbons (Fsp3) is 0.267. The van der Waals surface area contributed by atoms with Crippen molar-refractivity contribution in [3.05, 3.63) is 109 Å². The molecule has 5 nitrogen and oxygen atoms in total. The van der Waals surface area contributed by atoms with Crippen LogP contribution >= 0.6 is 15.9 Å². The second-order valence-electron chi connectivity index (χ2n) is 9.26. The molecular formula is C30H28BrNO4. The fourth-order valence-electron chi connectivity index (χ4n) is 4.68. The van der Waals surface area contributed by atoms with Gasteiger partial charge in [0.25, 0.3) is 5.91 Å². The predicted octanol–water partition coefficient (Wildman–Crippen LogP) is 7.18. The van der Waals surface area contributed by atoms with E-state index in [2.05, 4.69) is 22.9 Å². The van der Waals surface area contributed by atoms with Gasteiger partial charge in [-0.05, 0) is 54.8 Å². The number of ether oxygens (including phenoxy) is 1. The van der Waals surface area contributed by atoms with Gasteiger partial charge in [-0.3, -0.25) is 9.59 Å². The van der Waals surface area contributed by atoms with Gasteiger partial charge in [0.05, 0.1) is 23.6 Å². The molecule has 2 heterocycles. The number of amides is 1. The summed E-state index contributed by atoms with van der Waals surface area (Å²) in [6, 6.07) is 20.5. The molecule has 0 radical (unpaired) electrons. The van der Waals surface area contributed by atoms with E-state index in [0.717, 1.165) is 46.2 Å². The number of hydrogen-bond donors (Lipinski definition) is 0. The van der Waals surface area contributed by atoms with Gasteiger partial charge in [-0.15, -0.1) is 0 Å². The number of fused-ring (bicyclic) bond motifs is 2. The molecule has 0 saturated carbocycles. The Morgan fingerprint density at radius 3 is 2.44 bits per heavy atom. The van der Waals surface area contributed by atoms with Gasteiger partial charge in [-0.1, -0.05) is 77.7 Å². The molecule has 1 atom stereocenters. The summed E-state index contributed by atoms with van der Waals surface area (Å²) in [5.41, 5.74) is 3.59. The van der Waals surface area contributed by atoms with Gasteiger partial charge < -0.3 is 14.1 Å². The van der Waals surface area contributed by atoms with E-state index in [1.165, 1.54) is 0 Å². The first-order valence-corrected chi connectivity index (χ1v) is 13.1. The van der Waals surface area contributed by atoms with Crippen LogP contribution in [0.5, 0.6) is 5.75 Å². The molecule has 36 heavy (non-hydrogen) atoms. The first-order chi connectivity index (χ1) is 17.5. The number of unbranched alkanes of at least 4 members (excludes halogenated alkanes) is 2. The van der Waals surface area contributed by atoms with Crippen LogP contribution in [-0.4, -0.2) is 17.4 Å². The minimum Gasteiger partial charge on any atom is -0.494 e. The molecule has 1 aliphatic rings. The van der Waals surface area contributed by atoms with Gasteiger partial charge in [-0.25, -0.2) is 0 Å². The number of halogens is 1.